The normalized spacial score (nSPS) is 11.4. The first-order valence-electron chi connectivity index (χ1n) is 12.1. The second kappa shape index (κ2) is 12.0. The zero-order valence-corrected chi connectivity index (χ0v) is 21.8. The van der Waals surface area contributed by atoms with E-state index < -0.39 is 17.3 Å². The van der Waals surface area contributed by atoms with Crippen LogP contribution in [0, 0.1) is 12.7 Å². The number of methoxy groups -OCH3 is 1. The lowest BCUT2D eigenvalue weighted by molar-refractivity contribution is -0.137. The van der Waals surface area contributed by atoms with Gasteiger partial charge in [-0.3, -0.25) is 9.59 Å². The number of hydrogen-bond donors (Lipinski definition) is 0. The molecule has 1 aromatic heterocycles. The molecule has 0 atom stereocenters. The summed E-state index contributed by atoms with van der Waals surface area (Å²) in [7, 11) is 1.53. The van der Waals surface area contributed by atoms with Crippen molar-refractivity contribution in [1.82, 2.24) is 14.4 Å². The van der Waals surface area contributed by atoms with E-state index in [1.165, 1.54) is 41.3 Å². The fraction of sp³-hybridized carbons (Fsp3) is 0.379. The molecular formula is C29H36FN3O3. The highest BCUT2D eigenvalue weighted by Crippen LogP contribution is 2.20. The van der Waals surface area contributed by atoms with E-state index in [1.54, 1.807) is 11.0 Å². The van der Waals surface area contributed by atoms with Crippen LogP contribution in [0.1, 0.15) is 48.0 Å². The summed E-state index contributed by atoms with van der Waals surface area (Å²) in [5.74, 6) is -1.36. The van der Waals surface area contributed by atoms with Gasteiger partial charge in [-0.2, -0.15) is 0 Å². The summed E-state index contributed by atoms with van der Waals surface area (Å²) in [5.41, 5.74) is 2.81. The van der Waals surface area contributed by atoms with E-state index in [0.717, 1.165) is 5.69 Å². The fourth-order valence-electron chi connectivity index (χ4n) is 4.12. The largest absolute Gasteiger partial charge is 0.383 e. The quantitative estimate of drug-likeness (QED) is 0.404. The van der Waals surface area contributed by atoms with Crippen LogP contribution in [0.4, 0.5) is 4.39 Å². The highest BCUT2D eigenvalue weighted by molar-refractivity contribution is 5.96. The minimum atomic E-state index is -0.612. The number of hydrogen-bond acceptors (Lipinski definition) is 3. The van der Waals surface area contributed by atoms with Gasteiger partial charge in [-0.25, -0.2) is 4.39 Å². The summed E-state index contributed by atoms with van der Waals surface area (Å²) in [4.78, 5) is 29.9. The standard InChI is InChI=1S/C29H36FN3O3/c1-22-10-8-11-23(18-22)19-31-15-9-12-24(31)20-33(29(2,3)4)27(34)21-32(16-17-36-5)28(35)25-13-6-7-14-26(25)30/h6-15,18H,16-17,19-21H2,1-5H3. The van der Waals surface area contributed by atoms with Crippen molar-refractivity contribution in [3.05, 3.63) is 95.1 Å². The number of amides is 2. The molecule has 0 aliphatic heterocycles. The first kappa shape index (κ1) is 27.1. The van der Waals surface area contributed by atoms with Crippen molar-refractivity contribution in [3.8, 4) is 0 Å². The Labute approximate surface area is 213 Å². The number of carbonyl (C=O) groups is 2. The minimum Gasteiger partial charge on any atom is -0.383 e. The summed E-state index contributed by atoms with van der Waals surface area (Å²) in [6.07, 6.45) is 2.01. The molecule has 0 aliphatic carbocycles. The van der Waals surface area contributed by atoms with Gasteiger partial charge in [0.05, 0.1) is 18.7 Å². The second-order valence-corrected chi connectivity index (χ2v) is 9.97. The summed E-state index contributed by atoms with van der Waals surface area (Å²) < 4.78 is 21.6. The molecule has 6 nitrogen and oxygen atoms in total. The van der Waals surface area contributed by atoms with Crippen molar-refractivity contribution in [2.45, 2.75) is 46.3 Å². The molecule has 0 fully saturated rings. The van der Waals surface area contributed by atoms with Gasteiger partial charge in [0.2, 0.25) is 5.91 Å². The molecule has 7 heteroatoms. The monoisotopic (exact) mass is 493 g/mol. The lowest BCUT2D eigenvalue weighted by atomic mass is 10.0. The molecule has 36 heavy (non-hydrogen) atoms. The molecule has 0 unspecified atom stereocenters. The highest BCUT2D eigenvalue weighted by Gasteiger charge is 2.30. The summed E-state index contributed by atoms with van der Waals surface area (Å²) in [6, 6.07) is 18.1. The molecule has 3 aromatic rings. The van der Waals surface area contributed by atoms with Gasteiger partial charge in [0.25, 0.3) is 5.91 Å². The van der Waals surface area contributed by atoms with Crippen LogP contribution in [-0.2, 0) is 22.6 Å². The minimum absolute atomic E-state index is 0.0595. The summed E-state index contributed by atoms with van der Waals surface area (Å²) in [5, 5.41) is 0. The number of benzene rings is 2. The topological polar surface area (TPSA) is 54.8 Å². The van der Waals surface area contributed by atoms with Gasteiger partial charge in [0.1, 0.15) is 12.4 Å². The average molecular weight is 494 g/mol. The molecule has 0 radical (unpaired) electrons. The molecule has 2 aromatic carbocycles. The molecule has 0 bridgehead atoms. The third kappa shape index (κ3) is 7.04. The van der Waals surface area contributed by atoms with Gasteiger partial charge in [-0.05, 0) is 57.5 Å². The lowest BCUT2D eigenvalue weighted by Gasteiger charge is -2.37. The van der Waals surface area contributed by atoms with Gasteiger partial charge in [-0.1, -0.05) is 42.0 Å². The third-order valence-electron chi connectivity index (χ3n) is 6.07. The molecule has 192 valence electrons. The first-order chi connectivity index (χ1) is 17.1. The van der Waals surface area contributed by atoms with Crippen molar-refractivity contribution in [3.63, 3.8) is 0 Å². The third-order valence-corrected chi connectivity index (χ3v) is 6.07. The fourth-order valence-corrected chi connectivity index (χ4v) is 4.12. The molecule has 0 aliphatic rings. The van der Waals surface area contributed by atoms with Gasteiger partial charge in [0.15, 0.2) is 0 Å². The Bertz CT molecular complexity index is 1180. The number of aromatic nitrogens is 1. The molecule has 2 amide bonds. The van der Waals surface area contributed by atoms with Gasteiger partial charge in [-0.15, -0.1) is 0 Å². The van der Waals surface area contributed by atoms with Crippen LogP contribution >= 0.6 is 0 Å². The van der Waals surface area contributed by atoms with Crippen LogP contribution in [-0.4, -0.2) is 58.5 Å². The summed E-state index contributed by atoms with van der Waals surface area (Å²) in [6.45, 7) is 9.30. The molecule has 0 spiro atoms. The maximum Gasteiger partial charge on any atom is 0.257 e. The number of carbonyl (C=O) groups excluding carboxylic acids is 2. The van der Waals surface area contributed by atoms with E-state index in [-0.39, 0.29) is 31.2 Å². The van der Waals surface area contributed by atoms with E-state index in [1.807, 2.05) is 45.2 Å². The number of rotatable bonds is 10. The van der Waals surface area contributed by atoms with Crippen LogP contribution < -0.4 is 0 Å². The number of nitrogens with zero attached hydrogens (tertiary/aromatic N) is 3. The molecule has 1 heterocycles. The van der Waals surface area contributed by atoms with Crippen LogP contribution in [0.15, 0.2) is 66.9 Å². The molecule has 0 saturated carbocycles. The summed E-state index contributed by atoms with van der Waals surface area (Å²) >= 11 is 0. The van der Waals surface area contributed by atoms with Crippen LogP contribution in [0.3, 0.4) is 0 Å². The van der Waals surface area contributed by atoms with Crippen molar-refractivity contribution in [2.24, 2.45) is 0 Å². The number of ether oxygens (including phenoxy) is 1. The zero-order valence-electron chi connectivity index (χ0n) is 21.8. The predicted molar refractivity (Wildman–Crippen MR) is 139 cm³/mol. The van der Waals surface area contributed by atoms with Crippen molar-refractivity contribution < 1.29 is 18.7 Å². The van der Waals surface area contributed by atoms with Crippen molar-refractivity contribution in [1.29, 1.82) is 0 Å². The average Bonchev–Trinajstić information content (AvgIpc) is 3.25. The van der Waals surface area contributed by atoms with E-state index in [2.05, 4.69) is 29.7 Å². The Morgan fingerprint density at radius 2 is 1.78 bits per heavy atom. The van der Waals surface area contributed by atoms with E-state index in [0.29, 0.717) is 13.1 Å². The predicted octanol–water partition coefficient (Wildman–Crippen LogP) is 4.90. The molecule has 0 saturated heterocycles. The van der Waals surface area contributed by atoms with Crippen molar-refractivity contribution >= 4 is 11.8 Å². The van der Waals surface area contributed by atoms with E-state index in [4.69, 9.17) is 4.74 Å². The van der Waals surface area contributed by atoms with E-state index >= 15 is 0 Å². The zero-order chi connectivity index (χ0) is 26.3. The smallest absolute Gasteiger partial charge is 0.257 e. The molecule has 3 rings (SSSR count). The SMILES string of the molecule is COCCN(CC(=O)N(Cc1cccn1Cc1cccc(C)c1)C(C)(C)C)C(=O)c1ccccc1F. The Hall–Kier alpha value is -3.45. The van der Waals surface area contributed by atoms with Crippen molar-refractivity contribution in [2.75, 3.05) is 26.8 Å². The second-order valence-electron chi connectivity index (χ2n) is 9.97. The Morgan fingerprint density at radius 1 is 1.03 bits per heavy atom. The first-order valence-corrected chi connectivity index (χ1v) is 12.1. The van der Waals surface area contributed by atoms with E-state index in [9.17, 15) is 14.0 Å². The Kier molecular flexibility index (Phi) is 9.04. The van der Waals surface area contributed by atoms with Gasteiger partial charge < -0.3 is 19.1 Å². The Morgan fingerprint density at radius 3 is 2.44 bits per heavy atom. The van der Waals surface area contributed by atoms with Crippen LogP contribution in [0.25, 0.3) is 0 Å². The Balaban J connectivity index is 1.82. The van der Waals surface area contributed by atoms with Gasteiger partial charge in [0, 0.05) is 37.6 Å². The maximum absolute atomic E-state index is 14.3. The number of aryl methyl sites for hydroxylation is 1. The molecule has 0 N–H and O–H groups in total. The lowest BCUT2D eigenvalue weighted by Crippen LogP contribution is -2.50. The van der Waals surface area contributed by atoms with Crippen LogP contribution in [0.5, 0.6) is 0 Å². The van der Waals surface area contributed by atoms with Crippen LogP contribution in [0.2, 0.25) is 0 Å². The maximum atomic E-state index is 14.3. The molecular weight excluding hydrogens is 457 g/mol. The number of halogens is 1. The van der Waals surface area contributed by atoms with Gasteiger partial charge >= 0.3 is 0 Å². The highest BCUT2D eigenvalue weighted by atomic mass is 19.1.